The van der Waals surface area contributed by atoms with Crippen molar-refractivity contribution in [2.75, 3.05) is 0 Å². The van der Waals surface area contributed by atoms with Crippen molar-refractivity contribution in [1.29, 1.82) is 5.26 Å². The molecule has 0 saturated heterocycles. The Bertz CT molecular complexity index is 1150. The molecule has 1 atom stereocenters. The summed E-state index contributed by atoms with van der Waals surface area (Å²) in [5.41, 5.74) is 10.5. The van der Waals surface area contributed by atoms with Crippen molar-refractivity contribution in [3.63, 3.8) is 0 Å². The molecule has 1 unspecified atom stereocenters. The number of nitrogens with two attached hydrogens (primary N) is 1. The van der Waals surface area contributed by atoms with Gasteiger partial charge in [-0.3, -0.25) is 15.0 Å². The van der Waals surface area contributed by atoms with Crippen molar-refractivity contribution < 1.29 is 14.0 Å². The number of amides is 1. The zero-order valence-electron chi connectivity index (χ0n) is 15.6. The quantitative estimate of drug-likeness (QED) is 0.741. The summed E-state index contributed by atoms with van der Waals surface area (Å²) in [6.07, 6.45) is 2.78. The highest BCUT2D eigenvalue weighted by Gasteiger charge is 2.41. The molecule has 0 fully saturated rings. The Morgan fingerprint density at radius 1 is 1.27 bits per heavy atom. The number of carbonyl (C=O) groups excluding carboxylic acids is 2. The molecular formula is C21H16Cl2N4O3. The molecule has 3 N–H and O–H groups in total. The first-order valence-corrected chi connectivity index (χ1v) is 9.94. The lowest BCUT2D eigenvalue weighted by Crippen LogP contribution is -2.48. The number of benzene rings is 1. The summed E-state index contributed by atoms with van der Waals surface area (Å²) in [5, 5.41) is 11.8. The fourth-order valence-corrected chi connectivity index (χ4v) is 4.25. The summed E-state index contributed by atoms with van der Waals surface area (Å²) >= 11 is 12.6. The normalized spacial score (nSPS) is 18.9. The lowest BCUT2D eigenvalue weighted by molar-refractivity contribution is -0.116. The number of nitriles is 1. The van der Waals surface area contributed by atoms with Crippen molar-refractivity contribution in [3.8, 4) is 6.07 Å². The minimum Gasteiger partial charge on any atom is -0.459 e. The summed E-state index contributed by atoms with van der Waals surface area (Å²) < 4.78 is 5.13. The summed E-state index contributed by atoms with van der Waals surface area (Å²) in [5.74, 6) is -1.35. The Morgan fingerprint density at radius 2 is 2.07 bits per heavy atom. The molecule has 0 radical (unpaired) electrons. The second kappa shape index (κ2) is 7.90. The first kappa shape index (κ1) is 20.1. The molecule has 30 heavy (non-hydrogen) atoms. The van der Waals surface area contributed by atoms with E-state index in [2.05, 4.69) is 11.5 Å². The minimum absolute atomic E-state index is 0.0203. The van der Waals surface area contributed by atoms with Crippen LogP contribution in [0, 0.1) is 11.3 Å². The monoisotopic (exact) mass is 442 g/mol. The average molecular weight is 443 g/mol. The number of ketones is 1. The number of hydrogen-bond donors (Lipinski definition) is 2. The van der Waals surface area contributed by atoms with Gasteiger partial charge in [-0.15, -0.1) is 0 Å². The second-order valence-corrected chi connectivity index (χ2v) is 7.66. The van der Waals surface area contributed by atoms with Crippen LogP contribution >= 0.6 is 23.2 Å². The SMILES string of the molecule is N#CC1=C(N)N(NC(=O)c2ccco2)C2=C(C(=O)CCC2)C1c1cccc(Cl)c1Cl. The van der Waals surface area contributed by atoms with Crippen LogP contribution in [-0.2, 0) is 4.79 Å². The second-order valence-electron chi connectivity index (χ2n) is 6.88. The largest absolute Gasteiger partial charge is 0.459 e. The number of nitrogens with one attached hydrogen (secondary N) is 1. The Hall–Kier alpha value is -3.21. The fourth-order valence-electron chi connectivity index (χ4n) is 3.83. The van der Waals surface area contributed by atoms with Crippen molar-refractivity contribution in [2.24, 2.45) is 5.73 Å². The van der Waals surface area contributed by atoms with E-state index in [1.54, 1.807) is 24.3 Å². The number of rotatable bonds is 3. The number of hydrogen-bond acceptors (Lipinski definition) is 6. The summed E-state index contributed by atoms with van der Waals surface area (Å²) in [4.78, 5) is 25.5. The topological polar surface area (TPSA) is 112 Å². The van der Waals surface area contributed by atoms with Gasteiger partial charge in [-0.2, -0.15) is 5.26 Å². The van der Waals surface area contributed by atoms with E-state index >= 15 is 0 Å². The molecule has 2 aliphatic rings. The molecule has 7 nitrogen and oxygen atoms in total. The van der Waals surface area contributed by atoms with Gasteiger partial charge in [0.2, 0.25) is 0 Å². The summed E-state index contributed by atoms with van der Waals surface area (Å²) in [6, 6.07) is 10.2. The van der Waals surface area contributed by atoms with Crippen LogP contribution in [-0.4, -0.2) is 16.7 Å². The van der Waals surface area contributed by atoms with E-state index in [1.165, 1.54) is 17.3 Å². The number of nitrogens with zero attached hydrogens (tertiary/aromatic N) is 2. The van der Waals surface area contributed by atoms with Crippen LogP contribution < -0.4 is 11.2 Å². The third kappa shape index (κ3) is 3.24. The third-order valence-electron chi connectivity index (χ3n) is 5.16. The summed E-state index contributed by atoms with van der Waals surface area (Å²) in [7, 11) is 0. The molecule has 1 aromatic carbocycles. The molecule has 152 valence electrons. The van der Waals surface area contributed by atoms with E-state index in [1.807, 2.05) is 0 Å². The standard InChI is InChI=1S/C21H16Cl2N4O3/c22-13-5-1-4-11(19(13)23)17-12(10-24)20(25)27(14-6-2-7-15(28)18(14)17)26-21(29)16-8-3-9-30-16/h1,3-5,8-9,17H,2,6-7,25H2,(H,26,29). The van der Waals surface area contributed by atoms with Crippen molar-refractivity contribution in [2.45, 2.75) is 25.2 Å². The van der Waals surface area contributed by atoms with E-state index in [0.29, 0.717) is 41.1 Å². The lowest BCUT2D eigenvalue weighted by Gasteiger charge is -2.39. The number of Topliss-reactive ketones (excluding diaryl/α,β-unsaturated/α-hetero) is 1. The molecule has 2 heterocycles. The number of hydrazine groups is 1. The lowest BCUT2D eigenvalue weighted by atomic mass is 9.76. The van der Waals surface area contributed by atoms with Crippen LogP contribution in [0.15, 0.2) is 63.7 Å². The Balaban J connectivity index is 1.87. The number of allylic oxidation sites excluding steroid dienone is 3. The van der Waals surface area contributed by atoms with Crippen molar-refractivity contribution in [1.82, 2.24) is 10.4 Å². The first-order chi connectivity index (χ1) is 14.4. The van der Waals surface area contributed by atoms with Gasteiger partial charge in [-0.05, 0) is 36.6 Å². The molecule has 4 rings (SSSR count). The van der Waals surface area contributed by atoms with Gasteiger partial charge in [0, 0.05) is 17.7 Å². The van der Waals surface area contributed by atoms with E-state index in [9.17, 15) is 14.9 Å². The smallest absolute Gasteiger partial charge is 0.305 e. The molecule has 1 aromatic heterocycles. The van der Waals surface area contributed by atoms with Crippen LogP contribution in [0.5, 0.6) is 0 Å². The van der Waals surface area contributed by atoms with E-state index < -0.39 is 11.8 Å². The van der Waals surface area contributed by atoms with Crippen LogP contribution in [0.25, 0.3) is 0 Å². The van der Waals surface area contributed by atoms with Gasteiger partial charge in [-0.1, -0.05) is 35.3 Å². The van der Waals surface area contributed by atoms with Crippen LogP contribution in [0.4, 0.5) is 0 Å². The number of carbonyl (C=O) groups is 2. The molecule has 0 saturated carbocycles. The van der Waals surface area contributed by atoms with Gasteiger partial charge in [-0.25, -0.2) is 5.01 Å². The van der Waals surface area contributed by atoms with Crippen LogP contribution in [0.1, 0.15) is 41.3 Å². The maximum atomic E-state index is 13.0. The molecule has 1 aliphatic carbocycles. The zero-order chi connectivity index (χ0) is 21.4. The first-order valence-electron chi connectivity index (χ1n) is 9.18. The van der Waals surface area contributed by atoms with Crippen molar-refractivity contribution >= 4 is 34.9 Å². The Labute approximate surface area is 182 Å². The van der Waals surface area contributed by atoms with Crippen LogP contribution in [0.3, 0.4) is 0 Å². The highest BCUT2D eigenvalue weighted by atomic mass is 35.5. The maximum absolute atomic E-state index is 13.0. The van der Waals surface area contributed by atoms with Crippen molar-refractivity contribution in [3.05, 3.63) is 80.6 Å². The Kier molecular flexibility index (Phi) is 5.29. The van der Waals surface area contributed by atoms with E-state index in [-0.39, 0.29) is 28.0 Å². The van der Waals surface area contributed by atoms with Gasteiger partial charge < -0.3 is 10.2 Å². The molecule has 1 amide bonds. The predicted octanol–water partition coefficient (Wildman–Crippen LogP) is 4.03. The highest BCUT2D eigenvalue weighted by molar-refractivity contribution is 6.42. The minimum atomic E-state index is -0.763. The van der Waals surface area contributed by atoms with Gasteiger partial charge in [0.05, 0.1) is 33.9 Å². The predicted molar refractivity (Wildman–Crippen MR) is 110 cm³/mol. The van der Waals surface area contributed by atoms with Crippen LogP contribution in [0.2, 0.25) is 10.0 Å². The molecule has 9 heteroatoms. The maximum Gasteiger partial charge on any atom is 0.305 e. The molecule has 2 aromatic rings. The average Bonchev–Trinajstić information content (AvgIpc) is 3.27. The molecular weight excluding hydrogens is 427 g/mol. The van der Waals surface area contributed by atoms with E-state index in [0.717, 1.165) is 0 Å². The van der Waals surface area contributed by atoms with Gasteiger partial charge in [0.1, 0.15) is 5.82 Å². The summed E-state index contributed by atoms with van der Waals surface area (Å²) in [6.45, 7) is 0. The third-order valence-corrected chi connectivity index (χ3v) is 6.00. The molecule has 1 aliphatic heterocycles. The molecule has 0 bridgehead atoms. The van der Waals surface area contributed by atoms with Gasteiger partial charge in [0.15, 0.2) is 11.5 Å². The number of halogens is 2. The zero-order valence-corrected chi connectivity index (χ0v) is 17.1. The fraction of sp³-hybridized carbons (Fsp3) is 0.190. The molecule has 0 spiro atoms. The van der Waals surface area contributed by atoms with Gasteiger partial charge >= 0.3 is 5.91 Å². The Morgan fingerprint density at radius 3 is 2.77 bits per heavy atom. The van der Waals surface area contributed by atoms with E-state index in [4.69, 9.17) is 33.4 Å². The highest BCUT2D eigenvalue weighted by Crippen LogP contribution is 2.46. The van der Waals surface area contributed by atoms with Gasteiger partial charge in [0.25, 0.3) is 0 Å². The number of furan rings is 1.